The van der Waals surface area contributed by atoms with Crippen LogP contribution in [0, 0.1) is 70.7 Å². The molecule has 0 unspecified atom stereocenters. The lowest BCUT2D eigenvalue weighted by Gasteiger charge is -2.02. The van der Waals surface area contributed by atoms with Crippen molar-refractivity contribution in [2.24, 2.45) is 5.73 Å². The van der Waals surface area contributed by atoms with Crippen LogP contribution in [-0.4, -0.2) is 15.9 Å². The zero-order valence-corrected chi connectivity index (χ0v) is 15.6. The van der Waals surface area contributed by atoms with Crippen molar-refractivity contribution in [1.82, 2.24) is 9.97 Å². The summed E-state index contributed by atoms with van der Waals surface area (Å²) >= 11 is 0. The van der Waals surface area contributed by atoms with Crippen molar-refractivity contribution in [2.75, 3.05) is 0 Å². The Hall–Kier alpha value is -4.45. The van der Waals surface area contributed by atoms with Crippen LogP contribution in [0.4, 0.5) is 35.1 Å². The predicted octanol–water partition coefficient (Wildman–Crippen LogP) is 3.49. The third-order valence-corrected chi connectivity index (χ3v) is 3.94. The van der Waals surface area contributed by atoms with E-state index in [2.05, 4.69) is 21.8 Å². The molecule has 3 aromatic rings. The number of hydrogen-bond acceptors (Lipinski definition) is 3. The highest BCUT2D eigenvalue weighted by Crippen LogP contribution is 2.18. The zero-order valence-electron chi connectivity index (χ0n) is 15.6. The Morgan fingerprint density at radius 3 is 1.42 bits per heavy atom. The maximum Gasteiger partial charge on any atom is 0.253 e. The van der Waals surface area contributed by atoms with E-state index in [1.807, 2.05) is 5.92 Å². The second-order valence-corrected chi connectivity index (χ2v) is 6.02. The molecule has 1 aromatic carbocycles. The minimum atomic E-state index is -1.98. The number of amides is 1. The quantitative estimate of drug-likeness (QED) is 0.339. The van der Waals surface area contributed by atoms with Crippen molar-refractivity contribution in [3.8, 4) is 23.7 Å². The van der Waals surface area contributed by atoms with Crippen molar-refractivity contribution >= 4 is 5.91 Å². The van der Waals surface area contributed by atoms with Gasteiger partial charge in [0.2, 0.25) is 5.91 Å². The number of rotatable bonds is 1. The molecule has 4 nitrogen and oxygen atoms in total. The van der Waals surface area contributed by atoms with Gasteiger partial charge in [0.25, 0.3) is 23.8 Å². The van der Waals surface area contributed by atoms with Crippen LogP contribution in [0.1, 0.15) is 32.6 Å². The summed E-state index contributed by atoms with van der Waals surface area (Å²) in [5, 5.41) is 0. The fourth-order valence-corrected chi connectivity index (χ4v) is 2.36. The number of primary amides is 1. The maximum atomic E-state index is 13.8. The average molecular weight is 467 g/mol. The Morgan fingerprint density at radius 1 is 0.636 bits per heavy atom. The topological polar surface area (TPSA) is 68.9 Å². The van der Waals surface area contributed by atoms with Gasteiger partial charge < -0.3 is 5.73 Å². The number of hydrogen-bond donors (Lipinski definition) is 1. The molecule has 0 aliphatic rings. The molecule has 0 radical (unpaired) electrons. The Labute approximate surface area is 179 Å². The molecule has 12 heteroatoms. The number of nitrogens with two attached hydrogens (primary N) is 1. The molecule has 0 aliphatic carbocycles. The molecule has 0 spiro atoms. The van der Waals surface area contributed by atoms with Gasteiger partial charge in [0, 0.05) is 16.7 Å². The van der Waals surface area contributed by atoms with Crippen molar-refractivity contribution in [3.05, 3.63) is 93.1 Å². The molecule has 3 rings (SSSR count). The molecule has 2 aromatic heterocycles. The average Bonchev–Trinajstić information content (AvgIpc) is 2.76. The fraction of sp³-hybridized carbons (Fsp3) is 0. The molecule has 1 amide bonds. The van der Waals surface area contributed by atoms with E-state index >= 15 is 0 Å². The van der Waals surface area contributed by atoms with Crippen molar-refractivity contribution < 1.29 is 39.9 Å². The summed E-state index contributed by atoms with van der Waals surface area (Å²) in [5.41, 5.74) is 1.65. The SMILES string of the molecule is NC(=O)c1ccc(C#Cc2c(F)c(F)nc(F)c2F)c(C#Cc2c(F)c(F)nc(F)c2F)c1. The zero-order chi connectivity index (χ0) is 24.4. The van der Waals surface area contributed by atoms with Gasteiger partial charge in [0.15, 0.2) is 23.3 Å². The number of carbonyl (C=O) groups excluding carboxylic acids is 1. The second-order valence-electron chi connectivity index (χ2n) is 6.02. The summed E-state index contributed by atoms with van der Waals surface area (Å²) < 4.78 is 108. The predicted molar refractivity (Wildman–Crippen MR) is 95.1 cm³/mol. The largest absolute Gasteiger partial charge is 0.366 e. The molecule has 0 fully saturated rings. The number of benzene rings is 1. The minimum absolute atomic E-state index is 0.198. The number of pyridine rings is 2. The normalized spacial score (nSPS) is 10.2. The third-order valence-electron chi connectivity index (χ3n) is 3.94. The summed E-state index contributed by atoms with van der Waals surface area (Å²) in [6.07, 6.45) is 0. The van der Waals surface area contributed by atoms with Gasteiger partial charge in [-0.2, -0.15) is 27.5 Å². The van der Waals surface area contributed by atoms with Crippen LogP contribution >= 0.6 is 0 Å². The van der Waals surface area contributed by atoms with Gasteiger partial charge in [-0.05, 0) is 18.2 Å². The fourth-order valence-electron chi connectivity index (χ4n) is 2.36. The highest BCUT2D eigenvalue weighted by Gasteiger charge is 2.20. The summed E-state index contributed by atoms with van der Waals surface area (Å²) in [5.74, 6) is -8.61. The summed E-state index contributed by atoms with van der Waals surface area (Å²) in [6.45, 7) is 0. The molecule has 0 bridgehead atoms. The van der Waals surface area contributed by atoms with Crippen LogP contribution in [0.15, 0.2) is 18.2 Å². The number of carbonyl (C=O) groups is 1. The molecular weight excluding hydrogens is 462 g/mol. The lowest BCUT2D eigenvalue weighted by atomic mass is 10.0. The first-order valence-electron chi connectivity index (χ1n) is 8.39. The lowest BCUT2D eigenvalue weighted by Crippen LogP contribution is -2.11. The summed E-state index contributed by atoms with van der Waals surface area (Å²) in [7, 11) is 0. The minimum Gasteiger partial charge on any atom is -0.366 e. The van der Waals surface area contributed by atoms with Crippen LogP contribution in [0.5, 0.6) is 0 Å². The van der Waals surface area contributed by atoms with E-state index in [0.717, 1.165) is 18.2 Å². The molecule has 166 valence electrons. The molecule has 2 heterocycles. The van der Waals surface area contributed by atoms with Gasteiger partial charge in [-0.1, -0.05) is 23.7 Å². The molecule has 0 atom stereocenters. The van der Waals surface area contributed by atoms with Gasteiger partial charge in [-0.3, -0.25) is 4.79 Å². The summed E-state index contributed by atoms with van der Waals surface area (Å²) in [6, 6.07) is 3.08. The molecule has 33 heavy (non-hydrogen) atoms. The Bertz CT molecular complexity index is 1400. The first-order chi connectivity index (χ1) is 15.5. The van der Waals surface area contributed by atoms with Crippen molar-refractivity contribution in [1.29, 1.82) is 0 Å². The van der Waals surface area contributed by atoms with Crippen LogP contribution in [0.25, 0.3) is 0 Å². The van der Waals surface area contributed by atoms with E-state index in [-0.39, 0.29) is 16.7 Å². The van der Waals surface area contributed by atoms with Crippen LogP contribution in [0.2, 0.25) is 0 Å². The van der Waals surface area contributed by atoms with Gasteiger partial charge >= 0.3 is 0 Å². The first-order valence-corrected chi connectivity index (χ1v) is 8.39. The van der Waals surface area contributed by atoms with Crippen LogP contribution < -0.4 is 5.73 Å². The Balaban J connectivity index is 2.20. The van der Waals surface area contributed by atoms with Gasteiger partial charge in [0.1, 0.15) is 11.1 Å². The Kier molecular flexibility index (Phi) is 6.31. The van der Waals surface area contributed by atoms with Gasteiger partial charge in [-0.15, -0.1) is 0 Å². The third kappa shape index (κ3) is 4.60. The van der Waals surface area contributed by atoms with Crippen molar-refractivity contribution in [3.63, 3.8) is 0 Å². The number of halogens is 8. The molecule has 2 N–H and O–H groups in total. The molecule has 0 aliphatic heterocycles. The van der Waals surface area contributed by atoms with E-state index < -0.39 is 64.1 Å². The standard InChI is InChI=1S/C21H5F8N3O/c22-13-11(14(23)18(27)31-17(13)26)5-3-8-1-2-10(21(30)33)7-9(8)4-6-12-15(24)19(28)32-20(29)16(12)25/h1-2,7H,(H2,30,33). The number of aromatic nitrogens is 2. The van der Waals surface area contributed by atoms with E-state index in [4.69, 9.17) is 5.73 Å². The van der Waals surface area contributed by atoms with E-state index in [9.17, 15) is 39.9 Å². The van der Waals surface area contributed by atoms with E-state index in [0.29, 0.717) is 0 Å². The highest BCUT2D eigenvalue weighted by molar-refractivity contribution is 5.93. The maximum absolute atomic E-state index is 13.8. The second kappa shape index (κ2) is 8.96. The summed E-state index contributed by atoms with van der Waals surface area (Å²) in [4.78, 5) is 16.1. The van der Waals surface area contributed by atoms with Crippen molar-refractivity contribution in [2.45, 2.75) is 0 Å². The highest BCUT2D eigenvalue weighted by atomic mass is 19.2. The van der Waals surface area contributed by atoms with Gasteiger partial charge in [0.05, 0.1) is 0 Å². The first kappa shape index (κ1) is 23.2. The lowest BCUT2D eigenvalue weighted by molar-refractivity contribution is 0.1000. The van der Waals surface area contributed by atoms with Gasteiger partial charge in [-0.25, -0.2) is 17.6 Å². The monoisotopic (exact) mass is 467 g/mol. The van der Waals surface area contributed by atoms with Crippen LogP contribution in [0.3, 0.4) is 0 Å². The Morgan fingerprint density at radius 2 is 1.03 bits per heavy atom. The number of nitrogens with zero attached hydrogens (tertiary/aromatic N) is 2. The molecule has 0 saturated carbocycles. The molecule has 0 saturated heterocycles. The van der Waals surface area contributed by atoms with E-state index in [1.54, 1.807) is 5.92 Å². The van der Waals surface area contributed by atoms with E-state index in [1.165, 1.54) is 0 Å². The smallest absolute Gasteiger partial charge is 0.253 e. The molecular formula is C21H5F8N3O. The van der Waals surface area contributed by atoms with Crippen LogP contribution in [-0.2, 0) is 0 Å².